The minimum atomic E-state index is 0.0418. The van der Waals surface area contributed by atoms with Crippen LogP contribution in [-0.2, 0) is 0 Å². The Bertz CT molecular complexity index is 562. The zero-order valence-corrected chi connectivity index (χ0v) is 11.8. The van der Waals surface area contributed by atoms with Crippen molar-refractivity contribution in [2.45, 2.75) is 6.92 Å². The fourth-order valence-corrected chi connectivity index (χ4v) is 2.06. The third-order valence-electron chi connectivity index (χ3n) is 2.00. The van der Waals surface area contributed by atoms with E-state index in [2.05, 4.69) is 36.4 Å². The standard InChI is InChI=1S/C10H7BrCl2N4/c1-5-2-3-7(6(11)4-5)14-9-8(12)16-17-10(13)15-9/h2-4H,1H3,(H,14,15,17). The largest absolute Gasteiger partial charge is 0.337 e. The molecule has 2 rings (SSSR count). The smallest absolute Gasteiger partial charge is 0.245 e. The molecule has 88 valence electrons. The normalized spacial score (nSPS) is 10.4. The minimum absolute atomic E-state index is 0.0418. The van der Waals surface area contributed by atoms with E-state index >= 15 is 0 Å². The molecule has 4 nitrogen and oxygen atoms in total. The van der Waals surface area contributed by atoms with Crippen LogP contribution in [0, 0.1) is 6.92 Å². The van der Waals surface area contributed by atoms with E-state index in [-0.39, 0.29) is 10.4 Å². The van der Waals surface area contributed by atoms with Gasteiger partial charge in [-0.3, -0.25) is 0 Å². The molecule has 0 aliphatic heterocycles. The Morgan fingerprint density at radius 2 is 2.00 bits per heavy atom. The van der Waals surface area contributed by atoms with Crippen molar-refractivity contribution in [3.05, 3.63) is 38.7 Å². The molecule has 0 saturated carbocycles. The quantitative estimate of drug-likeness (QED) is 0.902. The van der Waals surface area contributed by atoms with Gasteiger partial charge in [0.2, 0.25) is 5.28 Å². The average Bonchev–Trinajstić information content (AvgIpc) is 2.27. The van der Waals surface area contributed by atoms with Gasteiger partial charge in [0, 0.05) is 4.47 Å². The van der Waals surface area contributed by atoms with Crippen molar-refractivity contribution >= 4 is 50.6 Å². The average molecular weight is 334 g/mol. The summed E-state index contributed by atoms with van der Waals surface area (Å²) < 4.78 is 0.906. The highest BCUT2D eigenvalue weighted by atomic mass is 79.9. The molecule has 0 atom stereocenters. The van der Waals surface area contributed by atoms with E-state index in [0.29, 0.717) is 5.82 Å². The van der Waals surface area contributed by atoms with Crippen LogP contribution in [0.3, 0.4) is 0 Å². The number of anilines is 2. The number of halogens is 3. The van der Waals surface area contributed by atoms with Gasteiger partial charge < -0.3 is 5.32 Å². The fraction of sp³-hybridized carbons (Fsp3) is 0.100. The predicted octanol–water partition coefficient (Wildman–Crippen LogP) is 3.99. The maximum Gasteiger partial charge on any atom is 0.245 e. The fourth-order valence-electron chi connectivity index (χ4n) is 1.22. The molecular weight excluding hydrogens is 327 g/mol. The Kier molecular flexibility index (Phi) is 3.81. The Hall–Kier alpha value is -0.910. The first kappa shape index (κ1) is 12.5. The summed E-state index contributed by atoms with van der Waals surface area (Å²) in [5, 5.41) is 10.4. The van der Waals surface area contributed by atoms with Gasteiger partial charge in [-0.05, 0) is 52.2 Å². The second-order valence-corrected chi connectivity index (χ2v) is 4.88. The first-order valence-electron chi connectivity index (χ1n) is 4.65. The van der Waals surface area contributed by atoms with Gasteiger partial charge in [-0.1, -0.05) is 17.7 Å². The number of nitrogens with one attached hydrogen (secondary N) is 1. The van der Waals surface area contributed by atoms with Crippen LogP contribution in [0.1, 0.15) is 5.56 Å². The molecule has 17 heavy (non-hydrogen) atoms. The van der Waals surface area contributed by atoms with Gasteiger partial charge in [-0.2, -0.15) is 4.98 Å². The van der Waals surface area contributed by atoms with Crippen molar-refractivity contribution in [3.8, 4) is 0 Å². The molecule has 0 bridgehead atoms. The van der Waals surface area contributed by atoms with Crippen molar-refractivity contribution in [2.75, 3.05) is 5.32 Å². The maximum atomic E-state index is 5.86. The van der Waals surface area contributed by atoms with E-state index in [0.717, 1.165) is 15.7 Å². The van der Waals surface area contributed by atoms with E-state index in [1.165, 1.54) is 0 Å². The van der Waals surface area contributed by atoms with Gasteiger partial charge in [0.25, 0.3) is 0 Å². The van der Waals surface area contributed by atoms with Crippen LogP contribution in [-0.4, -0.2) is 15.2 Å². The lowest BCUT2D eigenvalue weighted by atomic mass is 10.2. The Balaban J connectivity index is 2.34. The monoisotopic (exact) mass is 332 g/mol. The molecule has 0 aliphatic rings. The molecule has 1 aromatic heterocycles. The molecule has 0 unspecified atom stereocenters. The second-order valence-electron chi connectivity index (χ2n) is 3.33. The summed E-state index contributed by atoms with van der Waals surface area (Å²) in [6, 6.07) is 5.86. The highest BCUT2D eigenvalue weighted by molar-refractivity contribution is 9.10. The summed E-state index contributed by atoms with van der Waals surface area (Å²) >= 11 is 15.0. The molecule has 1 aromatic carbocycles. The SMILES string of the molecule is Cc1ccc(Nc2nc(Cl)nnc2Cl)c(Br)c1. The van der Waals surface area contributed by atoms with Gasteiger partial charge in [-0.15, -0.1) is 10.2 Å². The van der Waals surface area contributed by atoms with Crippen LogP contribution in [0.4, 0.5) is 11.5 Å². The number of aromatic nitrogens is 3. The molecule has 1 N–H and O–H groups in total. The van der Waals surface area contributed by atoms with Gasteiger partial charge in [0.15, 0.2) is 11.0 Å². The molecule has 0 spiro atoms. The predicted molar refractivity (Wildman–Crippen MR) is 72.0 cm³/mol. The van der Waals surface area contributed by atoms with Gasteiger partial charge >= 0.3 is 0 Å². The summed E-state index contributed by atoms with van der Waals surface area (Å²) in [6.45, 7) is 2.00. The summed E-state index contributed by atoms with van der Waals surface area (Å²) in [4.78, 5) is 3.96. The third kappa shape index (κ3) is 3.06. The number of aryl methyl sites for hydroxylation is 1. The van der Waals surface area contributed by atoms with Crippen molar-refractivity contribution in [1.29, 1.82) is 0 Å². The van der Waals surface area contributed by atoms with Crippen LogP contribution in [0.25, 0.3) is 0 Å². The second kappa shape index (κ2) is 5.16. The molecule has 2 aromatic rings. The summed E-state index contributed by atoms with van der Waals surface area (Å²) in [7, 11) is 0. The molecule has 0 saturated heterocycles. The lowest BCUT2D eigenvalue weighted by Crippen LogP contribution is -1.99. The van der Waals surface area contributed by atoms with Crippen LogP contribution in [0.5, 0.6) is 0 Å². The van der Waals surface area contributed by atoms with Crippen LogP contribution >= 0.6 is 39.1 Å². The van der Waals surface area contributed by atoms with Crippen LogP contribution in [0.15, 0.2) is 22.7 Å². The molecule has 1 heterocycles. The topological polar surface area (TPSA) is 50.7 Å². The first-order valence-corrected chi connectivity index (χ1v) is 6.20. The van der Waals surface area contributed by atoms with Gasteiger partial charge in [0.1, 0.15) is 0 Å². The lowest BCUT2D eigenvalue weighted by Gasteiger charge is -2.08. The van der Waals surface area contributed by atoms with Crippen molar-refractivity contribution in [2.24, 2.45) is 0 Å². The Labute approximate surface area is 117 Å². The van der Waals surface area contributed by atoms with E-state index in [1.54, 1.807) is 0 Å². The number of nitrogens with zero attached hydrogens (tertiary/aromatic N) is 3. The van der Waals surface area contributed by atoms with Gasteiger partial charge in [-0.25, -0.2) is 0 Å². The lowest BCUT2D eigenvalue weighted by molar-refractivity contribution is 0.974. The van der Waals surface area contributed by atoms with Crippen molar-refractivity contribution < 1.29 is 0 Å². The zero-order valence-electron chi connectivity index (χ0n) is 8.71. The Morgan fingerprint density at radius 1 is 1.24 bits per heavy atom. The highest BCUT2D eigenvalue weighted by Crippen LogP contribution is 2.28. The van der Waals surface area contributed by atoms with E-state index in [1.807, 2.05) is 25.1 Å². The number of hydrogen-bond donors (Lipinski definition) is 1. The summed E-state index contributed by atoms with van der Waals surface area (Å²) in [5.41, 5.74) is 1.97. The first-order chi connectivity index (χ1) is 8.06. The van der Waals surface area contributed by atoms with Gasteiger partial charge in [0.05, 0.1) is 5.69 Å². The maximum absolute atomic E-state index is 5.86. The Morgan fingerprint density at radius 3 is 2.71 bits per heavy atom. The van der Waals surface area contributed by atoms with Crippen molar-refractivity contribution in [3.63, 3.8) is 0 Å². The van der Waals surface area contributed by atoms with E-state index in [4.69, 9.17) is 23.2 Å². The summed E-state index contributed by atoms with van der Waals surface area (Å²) in [6.07, 6.45) is 0. The molecule has 0 radical (unpaired) electrons. The highest BCUT2D eigenvalue weighted by Gasteiger charge is 2.08. The van der Waals surface area contributed by atoms with E-state index < -0.39 is 0 Å². The van der Waals surface area contributed by atoms with Crippen LogP contribution < -0.4 is 5.32 Å². The third-order valence-corrected chi connectivity index (χ3v) is 3.07. The summed E-state index contributed by atoms with van der Waals surface area (Å²) in [5.74, 6) is 0.371. The zero-order chi connectivity index (χ0) is 12.4. The molecule has 7 heteroatoms. The molecular formula is C10H7BrCl2N4. The van der Waals surface area contributed by atoms with E-state index in [9.17, 15) is 0 Å². The number of rotatable bonds is 2. The minimum Gasteiger partial charge on any atom is -0.337 e. The molecule has 0 fully saturated rings. The van der Waals surface area contributed by atoms with Crippen molar-refractivity contribution in [1.82, 2.24) is 15.2 Å². The van der Waals surface area contributed by atoms with Crippen LogP contribution in [0.2, 0.25) is 10.4 Å². The number of benzene rings is 1. The number of hydrogen-bond acceptors (Lipinski definition) is 4. The molecule has 0 aliphatic carbocycles. The molecule has 0 amide bonds.